The molecule has 0 aliphatic carbocycles. The fourth-order valence-corrected chi connectivity index (χ4v) is 5.08. The van der Waals surface area contributed by atoms with Crippen LogP contribution in [-0.2, 0) is 10.0 Å². The van der Waals surface area contributed by atoms with Crippen LogP contribution in [0.15, 0.2) is 47.4 Å². The Kier molecular flexibility index (Phi) is 5.46. The van der Waals surface area contributed by atoms with E-state index in [0.29, 0.717) is 16.3 Å². The lowest BCUT2D eigenvalue weighted by Crippen LogP contribution is -2.51. The molecule has 0 spiro atoms. The van der Waals surface area contributed by atoms with Gasteiger partial charge in [-0.1, -0.05) is 11.6 Å². The Morgan fingerprint density at radius 2 is 1.55 bits per heavy atom. The molecule has 4 amide bonds. The lowest BCUT2D eigenvalue weighted by molar-refractivity contribution is 0.0693. The van der Waals surface area contributed by atoms with E-state index < -0.39 is 22.0 Å². The van der Waals surface area contributed by atoms with Crippen molar-refractivity contribution < 1.29 is 22.8 Å². The number of halogens is 1. The first-order valence-electron chi connectivity index (χ1n) is 9.46. The summed E-state index contributed by atoms with van der Waals surface area (Å²) < 4.78 is 26.8. The van der Waals surface area contributed by atoms with Crippen LogP contribution in [0.3, 0.4) is 0 Å². The van der Waals surface area contributed by atoms with E-state index in [1.807, 2.05) is 0 Å². The van der Waals surface area contributed by atoms with Crippen LogP contribution >= 0.6 is 11.6 Å². The number of hydrogen-bond donors (Lipinski definition) is 1. The average Bonchev–Trinajstić information content (AvgIpc) is 2.98. The van der Waals surface area contributed by atoms with Crippen LogP contribution in [0, 0.1) is 0 Å². The summed E-state index contributed by atoms with van der Waals surface area (Å²) in [6.45, 7) is 0.730. The normalized spacial score (nSPS) is 17.1. The predicted molar refractivity (Wildman–Crippen MR) is 114 cm³/mol. The van der Waals surface area contributed by atoms with Crippen LogP contribution in [-0.4, -0.2) is 73.6 Å². The number of nitrogens with zero attached hydrogens (tertiary/aromatic N) is 3. The molecule has 9 nitrogen and oxygen atoms in total. The Balaban J connectivity index is 1.40. The molecular weight excluding hydrogens is 444 g/mol. The minimum Gasteiger partial charge on any atom is -0.322 e. The van der Waals surface area contributed by atoms with Gasteiger partial charge in [0.15, 0.2) is 0 Å². The molecule has 2 aliphatic rings. The summed E-state index contributed by atoms with van der Waals surface area (Å²) in [5.41, 5.74) is 0.923. The van der Waals surface area contributed by atoms with Crippen molar-refractivity contribution >= 4 is 45.2 Å². The topological polar surface area (TPSA) is 107 Å². The van der Waals surface area contributed by atoms with Gasteiger partial charge in [0.2, 0.25) is 10.0 Å². The largest absolute Gasteiger partial charge is 0.322 e. The Morgan fingerprint density at radius 1 is 0.935 bits per heavy atom. The maximum Gasteiger partial charge on any atom is 0.321 e. The maximum atomic E-state index is 12.8. The molecule has 31 heavy (non-hydrogen) atoms. The van der Waals surface area contributed by atoms with Crippen molar-refractivity contribution in [3.63, 3.8) is 0 Å². The lowest BCUT2D eigenvalue weighted by atomic mass is 10.1. The molecule has 162 valence electrons. The number of amides is 4. The summed E-state index contributed by atoms with van der Waals surface area (Å²) in [6.07, 6.45) is 0. The molecule has 0 bridgehead atoms. The summed E-state index contributed by atoms with van der Waals surface area (Å²) in [5, 5.41) is 3.15. The van der Waals surface area contributed by atoms with Crippen LogP contribution in [0.25, 0.3) is 0 Å². The monoisotopic (exact) mass is 462 g/mol. The Hall–Kier alpha value is -2.95. The quantitative estimate of drug-likeness (QED) is 0.703. The molecule has 2 heterocycles. The summed E-state index contributed by atoms with van der Waals surface area (Å²) in [7, 11) is -2.26. The Bertz CT molecular complexity index is 1170. The third-order valence-corrected chi connectivity index (χ3v) is 7.48. The maximum absolute atomic E-state index is 12.8. The fraction of sp³-hybridized carbons (Fsp3) is 0.250. The third-order valence-electron chi connectivity index (χ3n) is 5.32. The van der Waals surface area contributed by atoms with Gasteiger partial charge in [-0.05, 0) is 42.5 Å². The number of sulfonamides is 1. The number of piperazine rings is 1. The van der Waals surface area contributed by atoms with E-state index >= 15 is 0 Å². The molecule has 11 heteroatoms. The van der Waals surface area contributed by atoms with Gasteiger partial charge in [0.1, 0.15) is 0 Å². The molecule has 0 radical (unpaired) electrons. The molecule has 2 aromatic rings. The Labute approximate surface area is 184 Å². The number of imide groups is 1. The van der Waals surface area contributed by atoms with Gasteiger partial charge in [-0.25, -0.2) is 13.2 Å². The molecule has 0 unspecified atom stereocenters. The standard InChI is InChI=1S/C20H19ClN4O5S/c1-23-18(26)16-7-4-14(12-17(16)19(23)27)22-20(28)24-8-10-25(11-9-24)31(29,30)15-5-2-13(21)3-6-15/h2-7,12H,8-11H2,1H3,(H,22,28). The number of urea groups is 1. The average molecular weight is 463 g/mol. The first-order valence-corrected chi connectivity index (χ1v) is 11.3. The second-order valence-corrected chi connectivity index (χ2v) is 9.58. The molecule has 0 atom stereocenters. The number of rotatable bonds is 3. The van der Waals surface area contributed by atoms with Gasteiger partial charge < -0.3 is 10.2 Å². The van der Waals surface area contributed by atoms with Gasteiger partial charge >= 0.3 is 6.03 Å². The Morgan fingerprint density at radius 3 is 2.19 bits per heavy atom. The third kappa shape index (κ3) is 3.89. The number of anilines is 1. The molecule has 2 aromatic carbocycles. The van der Waals surface area contributed by atoms with E-state index in [1.165, 1.54) is 52.7 Å². The molecule has 1 fully saturated rings. The van der Waals surface area contributed by atoms with E-state index in [2.05, 4.69) is 5.32 Å². The number of hydrogen-bond acceptors (Lipinski definition) is 5. The summed E-state index contributed by atoms with van der Waals surface area (Å²) in [6, 6.07) is 10.1. The highest BCUT2D eigenvalue weighted by Gasteiger charge is 2.33. The highest BCUT2D eigenvalue weighted by molar-refractivity contribution is 7.89. The van der Waals surface area contributed by atoms with Gasteiger partial charge in [0.05, 0.1) is 16.0 Å². The van der Waals surface area contributed by atoms with E-state index in [0.717, 1.165) is 4.90 Å². The van der Waals surface area contributed by atoms with Gasteiger partial charge in [-0.15, -0.1) is 0 Å². The zero-order valence-electron chi connectivity index (χ0n) is 16.5. The summed E-state index contributed by atoms with van der Waals surface area (Å²) >= 11 is 5.82. The van der Waals surface area contributed by atoms with Crippen LogP contribution in [0.4, 0.5) is 10.5 Å². The SMILES string of the molecule is CN1C(=O)c2ccc(NC(=O)N3CCN(S(=O)(=O)c4ccc(Cl)cc4)CC3)cc2C1=O. The van der Waals surface area contributed by atoms with Crippen molar-refractivity contribution in [2.45, 2.75) is 4.90 Å². The second kappa shape index (κ2) is 7.95. The van der Waals surface area contributed by atoms with E-state index in [4.69, 9.17) is 11.6 Å². The van der Waals surface area contributed by atoms with Gasteiger partial charge in [-0.3, -0.25) is 14.5 Å². The summed E-state index contributed by atoms with van der Waals surface area (Å²) in [4.78, 5) is 39.4. The molecule has 0 saturated carbocycles. The number of fused-ring (bicyclic) bond motifs is 1. The van der Waals surface area contributed by atoms with E-state index in [-0.39, 0.29) is 42.5 Å². The van der Waals surface area contributed by atoms with Crippen molar-refractivity contribution in [2.75, 3.05) is 38.5 Å². The van der Waals surface area contributed by atoms with Crippen molar-refractivity contribution in [3.8, 4) is 0 Å². The van der Waals surface area contributed by atoms with E-state index in [1.54, 1.807) is 6.07 Å². The predicted octanol–water partition coefficient (Wildman–Crippen LogP) is 2.10. The van der Waals surface area contributed by atoms with Crippen molar-refractivity contribution in [3.05, 3.63) is 58.6 Å². The van der Waals surface area contributed by atoms with Gasteiger partial charge in [-0.2, -0.15) is 4.31 Å². The van der Waals surface area contributed by atoms with Crippen LogP contribution in [0.1, 0.15) is 20.7 Å². The zero-order chi connectivity index (χ0) is 22.3. The summed E-state index contributed by atoms with van der Waals surface area (Å²) in [5.74, 6) is -0.798. The molecule has 1 N–H and O–H groups in total. The van der Waals surface area contributed by atoms with Crippen LogP contribution < -0.4 is 5.32 Å². The first kappa shape index (κ1) is 21.3. The fourth-order valence-electron chi connectivity index (χ4n) is 3.53. The molecule has 1 saturated heterocycles. The van der Waals surface area contributed by atoms with E-state index in [9.17, 15) is 22.8 Å². The molecule has 2 aliphatic heterocycles. The minimum absolute atomic E-state index is 0.150. The lowest BCUT2D eigenvalue weighted by Gasteiger charge is -2.34. The molecule has 0 aromatic heterocycles. The van der Waals surface area contributed by atoms with Gasteiger partial charge in [0, 0.05) is 43.9 Å². The molecule has 4 rings (SSSR count). The number of benzene rings is 2. The first-order chi connectivity index (χ1) is 14.7. The van der Waals surface area contributed by atoms with Crippen molar-refractivity contribution in [1.29, 1.82) is 0 Å². The van der Waals surface area contributed by atoms with Crippen LogP contribution in [0.5, 0.6) is 0 Å². The van der Waals surface area contributed by atoms with Crippen molar-refractivity contribution in [2.24, 2.45) is 0 Å². The highest BCUT2D eigenvalue weighted by atomic mass is 35.5. The smallest absolute Gasteiger partial charge is 0.321 e. The molecular formula is C20H19ClN4O5S. The number of carbonyl (C=O) groups is 3. The minimum atomic E-state index is -3.67. The van der Waals surface area contributed by atoms with Crippen molar-refractivity contribution in [1.82, 2.24) is 14.1 Å². The van der Waals surface area contributed by atoms with Crippen LogP contribution in [0.2, 0.25) is 5.02 Å². The highest BCUT2D eigenvalue weighted by Crippen LogP contribution is 2.25. The van der Waals surface area contributed by atoms with Gasteiger partial charge in [0.25, 0.3) is 11.8 Å². The second-order valence-electron chi connectivity index (χ2n) is 7.20. The zero-order valence-corrected chi connectivity index (χ0v) is 18.1. The number of nitrogens with one attached hydrogen (secondary N) is 1. The number of carbonyl (C=O) groups excluding carboxylic acids is 3.